The first-order chi connectivity index (χ1) is 12.4. The molecule has 1 spiro atoms. The van der Waals surface area contributed by atoms with Crippen molar-refractivity contribution >= 4 is 12.0 Å². The fraction of sp³-hybridized carbons (Fsp3) is 0.895. The maximum atomic E-state index is 12.8. The van der Waals surface area contributed by atoms with Gasteiger partial charge < -0.3 is 20.0 Å². The predicted octanol–water partition coefficient (Wildman–Crippen LogP) is 1.36. The van der Waals surface area contributed by atoms with Crippen molar-refractivity contribution in [3.63, 3.8) is 0 Å². The third-order valence-electron chi connectivity index (χ3n) is 7.33. The van der Waals surface area contributed by atoms with E-state index in [1.165, 1.54) is 17.7 Å². The number of β-amino-alcohol motifs (C(OH)–C–C–N with tert-alkyl or cyclic N) is 1. The van der Waals surface area contributed by atoms with Crippen molar-refractivity contribution < 1.29 is 19.8 Å². The molecule has 0 aromatic carbocycles. The molecule has 7 nitrogen and oxygen atoms in total. The van der Waals surface area contributed by atoms with E-state index >= 15 is 0 Å². The summed E-state index contributed by atoms with van der Waals surface area (Å²) in [7, 11) is 0. The molecule has 4 atom stereocenters. The van der Waals surface area contributed by atoms with Crippen molar-refractivity contribution in [3.8, 4) is 0 Å². The SMILES string of the molecule is C[C@H]1C(=O)N2[C@@H](CCN3CCC4(CC4)[C@H](O)C3)CCC[C@@H]2CN1C(=O)O. The van der Waals surface area contributed by atoms with Crippen LogP contribution in [0.4, 0.5) is 4.79 Å². The maximum absolute atomic E-state index is 12.8. The first-order valence-electron chi connectivity index (χ1n) is 10.1. The van der Waals surface area contributed by atoms with Gasteiger partial charge in [0.05, 0.1) is 6.10 Å². The number of aliphatic hydroxyl groups excluding tert-OH is 1. The Kier molecular flexibility index (Phi) is 4.63. The predicted molar refractivity (Wildman–Crippen MR) is 95.8 cm³/mol. The minimum absolute atomic E-state index is 0.0234. The number of piperidine rings is 2. The molecule has 3 heterocycles. The summed E-state index contributed by atoms with van der Waals surface area (Å²) in [5.74, 6) is -0.0380. The lowest BCUT2D eigenvalue weighted by Crippen LogP contribution is -2.65. The number of rotatable bonds is 3. The Labute approximate surface area is 154 Å². The topological polar surface area (TPSA) is 84.3 Å². The molecule has 0 bridgehead atoms. The number of carbonyl (C=O) groups excluding carboxylic acids is 1. The van der Waals surface area contributed by atoms with E-state index in [0.29, 0.717) is 6.54 Å². The highest BCUT2D eigenvalue weighted by molar-refractivity contribution is 5.86. The molecule has 1 aliphatic carbocycles. The van der Waals surface area contributed by atoms with Crippen molar-refractivity contribution in [1.82, 2.24) is 14.7 Å². The Bertz CT molecular complexity index is 579. The molecule has 4 aliphatic rings. The standard InChI is InChI=1S/C19H31N3O4/c1-13-17(24)22-14(3-2-4-15(22)11-21(13)18(25)26)5-9-20-10-8-19(6-7-19)16(23)12-20/h13-16,23H,2-12H2,1H3,(H,25,26)/t13-,14+,15+,16+/m0/s1. The van der Waals surface area contributed by atoms with E-state index < -0.39 is 12.1 Å². The monoisotopic (exact) mass is 365 g/mol. The molecule has 2 amide bonds. The quantitative estimate of drug-likeness (QED) is 0.789. The number of hydrogen-bond acceptors (Lipinski definition) is 4. The molecule has 3 aliphatic heterocycles. The summed E-state index contributed by atoms with van der Waals surface area (Å²) in [6, 6.07) is -0.361. The number of amides is 2. The second kappa shape index (κ2) is 6.68. The molecule has 0 aromatic rings. The number of aliphatic hydroxyl groups is 1. The molecule has 0 radical (unpaired) electrons. The smallest absolute Gasteiger partial charge is 0.408 e. The van der Waals surface area contributed by atoms with Gasteiger partial charge >= 0.3 is 6.09 Å². The van der Waals surface area contributed by atoms with Crippen LogP contribution in [-0.2, 0) is 4.79 Å². The van der Waals surface area contributed by atoms with Gasteiger partial charge in [0.2, 0.25) is 5.91 Å². The summed E-state index contributed by atoms with van der Waals surface area (Å²) in [4.78, 5) is 29.9. The highest BCUT2D eigenvalue weighted by atomic mass is 16.4. The third-order valence-corrected chi connectivity index (χ3v) is 7.33. The third kappa shape index (κ3) is 3.09. The van der Waals surface area contributed by atoms with Crippen LogP contribution in [0.5, 0.6) is 0 Å². The number of fused-ring (bicyclic) bond motifs is 1. The van der Waals surface area contributed by atoms with Crippen LogP contribution < -0.4 is 0 Å². The van der Waals surface area contributed by atoms with Gasteiger partial charge in [0.1, 0.15) is 6.04 Å². The van der Waals surface area contributed by atoms with Gasteiger partial charge in [-0.15, -0.1) is 0 Å². The lowest BCUT2D eigenvalue weighted by molar-refractivity contribution is -0.150. The van der Waals surface area contributed by atoms with Crippen LogP contribution in [0, 0.1) is 5.41 Å². The van der Waals surface area contributed by atoms with Crippen LogP contribution in [0.3, 0.4) is 0 Å². The highest BCUT2D eigenvalue weighted by Gasteiger charge is 2.51. The summed E-state index contributed by atoms with van der Waals surface area (Å²) < 4.78 is 0. The van der Waals surface area contributed by atoms with Gasteiger partial charge in [0, 0.05) is 31.7 Å². The maximum Gasteiger partial charge on any atom is 0.408 e. The summed E-state index contributed by atoms with van der Waals surface area (Å²) in [5.41, 5.74) is 0.227. The molecule has 4 rings (SSSR count). The van der Waals surface area contributed by atoms with E-state index in [-0.39, 0.29) is 29.5 Å². The highest BCUT2D eigenvalue weighted by Crippen LogP contribution is 2.53. The second-order valence-corrected chi connectivity index (χ2v) is 8.81. The zero-order valence-electron chi connectivity index (χ0n) is 15.6. The van der Waals surface area contributed by atoms with Crippen molar-refractivity contribution in [3.05, 3.63) is 0 Å². The molecule has 146 valence electrons. The fourth-order valence-corrected chi connectivity index (χ4v) is 5.32. The molecule has 7 heteroatoms. The molecule has 2 N–H and O–H groups in total. The number of piperazine rings is 1. The number of nitrogens with zero attached hydrogens (tertiary/aromatic N) is 3. The van der Waals surface area contributed by atoms with Gasteiger partial charge in [-0.25, -0.2) is 4.79 Å². The van der Waals surface area contributed by atoms with E-state index in [4.69, 9.17) is 0 Å². The van der Waals surface area contributed by atoms with Gasteiger partial charge in [0.25, 0.3) is 0 Å². The largest absolute Gasteiger partial charge is 0.465 e. The summed E-state index contributed by atoms with van der Waals surface area (Å²) in [6.45, 7) is 4.85. The Hall–Kier alpha value is -1.34. The Morgan fingerprint density at radius 2 is 2.00 bits per heavy atom. The Balaban J connectivity index is 1.36. The average molecular weight is 365 g/mol. The van der Waals surface area contributed by atoms with Crippen LogP contribution in [-0.4, -0.2) is 87.3 Å². The van der Waals surface area contributed by atoms with Gasteiger partial charge in [0.15, 0.2) is 0 Å². The minimum Gasteiger partial charge on any atom is -0.465 e. The van der Waals surface area contributed by atoms with Crippen LogP contribution in [0.1, 0.15) is 51.9 Å². The molecule has 1 saturated carbocycles. The zero-order chi connectivity index (χ0) is 18.5. The van der Waals surface area contributed by atoms with Crippen LogP contribution in [0.15, 0.2) is 0 Å². The fourth-order valence-electron chi connectivity index (χ4n) is 5.32. The number of hydrogen-bond donors (Lipinski definition) is 2. The van der Waals surface area contributed by atoms with Gasteiger partial charge in [-0.3, -0.25) is 9.69 Å². The van der Waals surface area contributed by atoms with E-state index in [0.717, 1.165) is 51.7 Å². The summed E-state index contributed by atoms with van der Waals surface area (Å²) >= 11 is 0. The normalized spacial score (nSPS) is 36.9. The first kappa shape index (κ1) is 18.0. The van der Waals surface area contributed by atoms with Crippen molar-refractivity contribution in [2.24, 2.45) is 5.41 Å². The molecule has 3 saturated heterocycles. The molecule has 0 aromatic heterocycles. The van der Waals surface area contributed by atoms with E-state index in [2.05, 4.69) is 4.90 Å². The van der Waals surface area contributed by atoms with Crippen molar-refractivity contribution in [2.45, 2.75) is 76.1 Å². The lowest BCUT2D eigenvalue weighted by atomic mass is 9.88. The Morgan fingerprint density at radius 1 is 1.23 bits per heavy atom. The lowest BCUT2D eigenvalue weighted by Gasteiger charge is -2.50. The Morgan fingerprint density at radius 3 is 2.65 bits per heavy atom. The first-order valence-corrected chi connectivity index (χ1v) is 10.1. The zero-order valence-corrected chi connectivity index (χ0v) is 15.6. The van der Waals surface area contributed by atoms with Gasteiger partial charge in [-0.2, -0.15) is 0 Å². The van der Waals surface area contributed by atoms with Crippen molar-refractivity contribution in [2.75, 3.05) is 26.2 Å². The molecular formula is C19H31N3O4. The van der Waals surface area contributed by atoms with Crippen LogP contribution in [0.25, 0.3) is 0 Å². The van der Waals surface area contributed by atoms with Crippen molar-refractivity contribution in [1.29, 1.82) is 0 Å². The molecule has 0 unspecified atom stereocenters. The summed E-state index contributed by atoms with van der Waals surface area (Å²) in [6.07, 6.45) is 6.11. The molecule has 26 heavy (non-hydrogen) atoms. The van der Waals surface area contributed by atoms with Gasteiger partial charge in [-0.1, -0.05) is 0 Å². The second-order valence-electron chi connectivity index (χ2n) is 8.81. The number of carbonyl (C=O) groups is 2. The summed E-state index contributed by atoms with van der Waals surface area (Å²) in [5, 5.41) is 19.7. The number of carboxylic acid groups (broad SMARTS) is 1. The number of likely N-dealkylation sites (tertiary alicyclic amines) is 1. The molecule has 4 fully saturated rings. The average Bonchev–Trinajstić information content (AvgIpc) is 3.39. The van der Waals surface area contributed by atoms with Gasteiger partial charge in [-0.05, 0) is 63.8 Å². The minimum atomic E-state index is -0.996. The van der Waals surface area contributed by atoms with Crippen LogP contribution >= 0.6 is 0 Å². The van der Waals surface area contributed by atoms with E-state index in [1.54, 1.807) is 6.92 Å². The molecular weight excluding hydrogens is 334 g/mol. The van der Waals surface area contributed by atoms with E-state index in [1.807, 2.05) is 4.90 Å². The van der Waals surface area contributed by atoms with Crippen LogP contribution in [0.2, 0.25) is 0 Å². The van der Waals surface area contributed by atoms with E-state index in [9.17, 15) is 19.8 Å².